The molecule has 4 N–H and O–H groups in total. The van der Waals surface area contributed by atoms with E-state index in [0.29, 0.717) is 0 Å². The lowest BCUT2D eigenvalue weighted by Crippen LogP contribution is -2.33. The van der Waals surface area contributed by atoms with Crippen molar-refractivity contribution in [1.82, 2.24) is 9.55 Å². The van der Waals surface area contributed by atoms with Gasteiger partial charge in [0.2, 0.25) is 0 Å². The summed E-state index contributed by atoms with van der Waals surface area (Å²) in [6.07, 6.45) is 0.783. The van der Waals surface area contributed by atoms with E-state index in [1.165, 1.54) is 11.6 Å². The number of nitrogens with two attached hydrogens (primary N) is 1. The van der Waals surface area contributed by atoms with Crippen LogP contribution in [0.4, 0.5) is 11.5 Å². The van der Waals surface area contributed by atoms with Crippen molar-refractivity contribution in [3.05, 3.63) is 56.7 Å². The van der Waals surface area contributed by atoms with Crippen molar-refractivity contribution in [3.63, 3.8) is 0 Å². The first kappa shape index (κ1) is 13.9. The summed E-state index contributed by atoms with van der Waals surface area (Å²) in [5, 5.41) is 3.12. The largest absolute Gasteiger partial charge is 0.383 e. The van der Waals surface area contributed by atoms with Crippen molar-refractivity contribution < 1.29 is 0 Å². The molecule has 1 aromatic carbocycles. The normalized spacial score (nSPS) is 12.1. The molecule has 1 unspecified atom stereocenters. The molecule has 0 aliphatic carbocycles. The average Bonchev–Trinajstić information content (AvgIpc) is 2.46. The van der Waals surface area contributed by atoms with Gasteiger partial charge < -0.3 is 11.1 Å². The van der Waals surface area contributed by atoms with Gasteiger partial charge in [0.25, 0.3) is 5.56 Å². The van der Waals surface area contributed by atoms with Crippen LogP contribution >= 0.6 is 0 Å². The Morgan fingerprint density at radius 2 is 1.95 bits per heavy atom. The van der Waals surface area contributed by atoms with Crippen LogP contribution < -0.4 is 22.3 Å². The third-order valence-corrected chi connectivity index (χ3v) is 3.30. The molecule has 6 nitrogen and oxygen atoms in total. The Balaban J connectivity index is 2.41. The van der Waals surface area contributed by atoms with E-state index < -0.39 is 11.2 Å². The minimum Gasteiger partial charge on any atom is -0.383 e. The van der Waals surface area contributed by atoms with E-state index in [0.717, 1.165) is 12.0 Å². The number of hydrogen-bond donors (Lipinski definition) is 3. The molecule has 1 atom stereocenters. The molecule has 0 aliphatic rings. The molecule has 0 saturated carbocycles. The molecule has 0 spiro atoms. The number of aromatic nitrogens is 2. The molecular weight excluding hydrogens is 256 g/mol. The van der Waals surface area contributed by atoms with E-state index in [9.17, 15) is 9.59 Å². The van der Waals surface area contributed by atoms with E-state index in [-0.39, 0.29) is 17.5 Å². The maximum absolute atomic E-state index is 11.9. The van der Waals surface area contributed by atoms with Crippen molar-refractivity contribution >= 4 is 11.5 Å². The Morgan fingerprint density at radius 3 is 2.55 bits per heavy atom. The van der Waals surface area contributed by atoms with Gasteiger partial charge in [-0.1, -0.05) is 37.3 Å². The van der Waals surface area contributed by atoms with Gasteiger partial charge in [0, 0.05) is 7.05 Å². The molecule has 0 radical (unpaired) electrons. The summed E-state index contributed by atoms with van der Waals surface area (Å²) in [5.74, 6) is 0.133. The molecule has 0 amide bonds. The lowest BCUT2D eigenvalue weighted by molar-refractivity contribution is 0.738. The number of H-pyrrole nitrogens is 1. The zero-order chi connectivity index (χ0) is 14.7. The highest BCUT2D eigenvalue weighted by atomic mass is 16.2. The lowest BCUT2D eigenvalue weighted by atomic mass is 10.0. The third kappa shape index (κ3) is 2.59. The number of benzene rings is 1. The number of nitrogens with zero attached hydrogens (tertiary/aromatic N) is 1. The molecule has 0 aliphatic heterocycles. The summed E-state index contributed by atoms with van der Waals surface area (Å²) >= 11 is 0. The van der Waals surface area contributed by atoms with Gasteiger partial charge in [-0.2, -0.15) is 0 Å². The Morgan fingerprint density at radius 1 is 1.30 bits per heavy atom. The van der Waals surface area contributed by atoms with Crippen LogP contribution in [0.25, 0.3) is 0 Å². The highest BCUT2D eigenvalue weighted by molar-refractivity contribution is 5.61. The van der Waals surface area contributed by atoms with Crippen LogP contribution in [0, 0.1) is 0 Å². The van der Waals surface area contributed by atoms with Crippen LogP contribution in [0.2, 0.25) is 0 Å². The third-order valence-electron chi connectivity index (χ3n) is 3.30. The first-order valence-corrected chi connectivity index (χ1v) is 6.44. The van der Waals surface area contributed by atoms with Crippen molar-refractivity contribution in [2.75, 3.05) is 11.1 Å². The van der Waals surface area contributed by atoms with Crippen LogP contribution in [0.15, 0.2) is 39.9 Å². The second-order valence-corrected chi connectivity index (χ2v) is 4.59. The quantitative estimate of drug-likeness (QED) is 0.781. The van der Waals surface area contributed by atoms with Gasteiger partial charge in [0.05, 0.1) is 6.04 Å². The van der Waals surface area contributed by atoms with E-state index in [1.807, 2.05) is 37.3 Å². The highest BCUT2D eigenvalue weighted by Crippen LogP contribution is 2.22. The summed E-state index contributed by atoms with van der Waals surface area (Å²) in [7, 11) is 1.52. The molecule has 6 heteroatoms. The standard InChI is InChI=1S/C14H18N4O2/c1-3-10(9-7-5-4-6-8-9)16-11-12(15)18(2)14(20)17-13(11)19/h4-8,10,16H,3,15H2,1-2H3,(H,17,19,20). The lowest BCUT2D eigenvalue weighted by Gasteiger charge is -2.19. The number of nitrogens with one attached hydrogen (secondary N) is 2. The number of nitrogen functional groups attached to an aromatic ring is 1. The van der Waals surface area contributed by atoms with Gasteiger partial charge >= 0.3 is 5.69 Å². The zero-order valence-corrected chi connectivity index (χ0v) is 11.5. The van der Waals surface area contributed by atoms with Crippen LogP contribution in [0.3, 0.4) is 0 Å². The van der Waals surface area contributed by atoms with E-state index >= 15 is 0 Å². The monoisotopic (exact) mass is 274 g/mol. The number of anilines is 2. The summed E-state index contributed by atoms with van der Waals surface area (Å²) in [6, 6.07) is 9.73. The molecule has 1 heterocycles. The van der Waals surface area contributed by atoms with Crippen molar-refractivity contribution in [3.8, 4) is 0 Å². The molecule has 0 fully saturated rings. The molecule has 106 valence electrons. The maximum Gasteiger partial charge on any atom is 0.329 e. The minimum atomic E-state index is -0.522. The maximum atomic E-state index is 11.9. The molecule has 1 aromatic heterocycles. The van der Waals surface area contributed by atoms with E-state index in [4.69, 9.17) is 5.73 Å². The van der Waals surface area contributed by atoms with Gasteiger partial charge in [0.15, 0.2) is 0 Å². The number of aromatic amines is 1. The second kappa shape index (κ2) is 5.64. The van der Waals surface area contributed by atoms with Gasteiger partial charge in [-0.05, 0) is 12.0 Å². The fraction of sp³-hybridized carbons (Fsp3) is 0.286. The first-order valence-electron chi connectivity index (χ1n) is 6.44. The summed E-state index contributed by atoms with van der Waals surface area (Å²) < 4.78 is 1.21. The molecule has 2 aromatic rings. The van der Waals surface area contributed by atoms with Gasteiger partial charge in [-0.3, -0.25) is 14.3 Å². The molecule has 0 bridgehead atoms. The zero-order valence-electron chi connectivity index (χ0n) is 11.5. The Hall–Kier alpha value is -2.50. The average molecular weight is 274 g/mol. The molecule has 20 heavy (non-hydrogen) atoms. The molecular formula is C14H18N4O2. The minimum absolute atomic E-state index is 0.0443. The number of hydrogen-bond acceptors (Lipinski definition) is 4. The fourth-order valence-electron chi connectivity index (χ4n) is 2.06. The Bertz CT molecular complexity index is 703. The van der Waals surface area contributed by atoms with E-state index in [1.54, 1.807) is 0 Å². The SMILES string of the molecule is CCC(Nc1c(N)n(C)c(=O)[nH]c1=O)c1ccccc1. The predicted molar refractivity (Wildman–Crippen MR) is 79.8 cm³/mol. The van der Waals surface area contributed by atoms with E-state index in [2.05, 4.69) is 10.3 Å². The highest BCUT2D eigenvalue weighted by Gasteiger charge is 2.15. The second-order valence-electron chi connectivity index (χ2n) is 4.59. The van der Waals surface area contributed by atoms with Crippen molar-refractivity contribution in [1.29, 1.82) is 0 Å². The Kier molecular flexibility index (Phi) is 3.93. The molecule has 0 saturated heterocycles. The van der Waals surface area contributed by atoms with Crippen LogP contribution in [-0.4, -0.2) is 9.55 Å². The Labute approximate surface area is 116 Å². The van der Waals surface area contributed by atoms with Crippen molar-refractivity contribution in [2.45, 2.75) is 19.4 Å². The van der Waals surface area contributed by atoms with Crippen molar-refractivity contribution in [2.24, 2.45) is 7.05 Å². The molecule has 2 rings (SSSR count). The smallest absolute Gasteiger partial charge is 0.329 e. The number of rotatable bonds is 4. The fourth-order valence-corrected chi connectivity index (χ4v) is 2.06. The van der Waals surface area contributed by atoms with Crippen LogP contribution in [0.1, 0.15) is 24.9 Å². The van der Waals surface area contributed by atoms with Crippen LogP contribution in [0.5, 0.6) is 0 Å². The van der Waals surface area contributed by atoms with Gasteiger partial charge in [-0.15, -0.1) is 0 Å². The predicted octanol–water partition coefficient (Wildman–Crippen LogP) is 1.22. The topological polar surface area (TPSA) is 92.9 Å². The summed E-state index contributed by atoms with van der Waals surface area (Å²) in [6.45, 7) is 2.01. The van der Waals surface area contributed by atoms with Gasteiger partial charge in [-0.25, -0.2) is 4.79 Å². The van der Waals surface area contributed by atoms with Crippen LogP contribution in [-0.2, 0) is 7.05 Å². The summed E-state index contributed by atoms with van der Waals surface area (Å²) in [5.41, 5.74) is 6.11. The van der Waals surface area contributed by atoms with Gasteiger partial charge in [0.1, 0.15) is 11.5 Å². The summed E-state index contributed by atoms with van der Waals surface area (Å²) in [4.78, 5) is 25.6. The first-order chi connectivity index (χ1) is 9.54.